The van der Waals surface area contributed by atoms with Crippen LogP contribution in [0.2, 0.25) is 5.02 Å². The molecule has 0 aliphatic carbocycles. The van der Waals surface area contributed by atoms with Crippen molar-refractivity contribution in [2.75, 3.05) is 19.0 Å². The molecular weight excluding hydrogens is 264 g/mol. The number of nitrogens with zero attached hydrogens (tertiary/aromatic N) is 3. The summed E-state index contributed by atoms with van der Waals surface area (Å²) in [5.41, 5.74) is 1.24. The fourth-order valence-corrected chi connectivity index (χ4v) is 1.71. The molecular formula is C13H15ClN4O. The van der Waals surface area contributed by atoms with Gasteiger partial charge in [-0.05, 0) is 30.5 Å². The minimum atomic E-state index is 0.413. The number of nitrogens with one attached hydrogen (secondary N) is 1. The van der Waals surface area contributed by atoms with E-state index in [0.717, 1.165) is 12.8 Å². The minimum absolute atomic E-state index is 0.413. The second kappa shape index (κ2) is 6.89. The lowest BCUT2D eigenvalue weighted by Crippen LogP contribution is -2.04. The zero-order valence-electron chi connectivity index (χ0n) is 10.6. The monoisotopic (exact) mass is 278 g/mol. The van der Waals surface area contributed by atoms with Crippen molar-refractivity contribution in [3.63, 3.8) is 0 Å². The van der Waals surface area contributed by atoms with Crippen LogP contribution < -0.4 is 10.1 Å². The number of hydrogen-bond acceptors (Lipinski definition) is 5. The van der Waals surface area contributed by atoms with Crippen LogP contribution in [0.1, 0.15) is 12.0 Å². The molecule has 0 radical (unpaired) electrons. The lowest BCUT2D eigenvalue weighted by molar-refractivity contribution is 0.299. The maximum Gasteiger partial charge on any atom is 0.237 e. The van der Waals surface area contributed by atoms with Gasteiger partial charge in [0.15, 0.2) is 0 Å². The molecule has 1 N–H and O–H groups in total. The smallest absolute Gasteiger partial charge is 0.237 e. The highest BCUT2D eigenvalue weighted by Gasteiger charge is 2.05. The topological polar surface area (TPSA) is 59.9 Å². The van der Waals surface area contributed by atoms with E-state index in [9.17, 15) is 0 Å². The Balaban J connectivity index is 1.82. The van der Waals surface area contributed by atoms with Crippen molar-refractivity contribution in [2.45, 2.75) is 12.8 Å². The van der Waals surface area contributed by atoms with Crippen LogP contribution in [0.15, 0.2) is 30.7 Å². The van der Waals surface area contributed by atoms with Crippen molar-refractivity contribution < 1.29 is 4.74 Å². The predicted octanol–water partition coefficient (Wildman–Crippen LogP) is 2.58. The van der Waals surface area contributed by atoms with Gasteiger partial charge < -0.3 is 10.1 Å². The quantitative estimate of drug-likeness (QED) is 0.823. The number of aryl methyl sites for hydroxylation is 1. The molecule has 0 amide bonds. The van der Waals surface area contributed by atoms with Crippen LogP contribution in [-0.4, -0.2) is 28.6 Å². The van der Waals surface area contributed by atoms with Crippen LogP contribution in [0.25, 0.3) is 0 Å². The second-order valence-electron chi connectivity index (χ2n) is 3.90. The summed E-state index contributed by atoms with van der Waals surface area (Å²) in [6.07, 6.45) is 6.93. The number of aromatic nitrogens is 3. The van der Waals surface area contributed by atoms with E-state index < -0.39 is 0 Å². The molecule has 0 bridgehead atoms. The van der Waals surface area contributed by atoms with E-state index >= 15 is 0 Å². The molecule has 2 aromatic heterocycles. The van der Waals surface area contributed by atoms with E-state index in [0.29, 0.717) is 23.5 Å². The molecule has 2 aromatic rings. The first-order valence-corrected chi connectivity index (χ1v) is 6.39. The highest BCUT2D eigenvalue weighted by molar-refractivity contribution is 6.31. The third-order valence-corrected chi connectivity index (χ3v) is 2.79. The van der Waals surface area contributed by atoms with Crippen molar-refractivity contribution in [1.29, 1.82) is 0 Å². The van der Waals surface area contributed by atoms with E-state index in [-0.39, 0.29) is 0 Å². The number of anilines is 1. The Morgan fingerprint density at radius 1 is 1.32 bits per heavy atom. The van der Waals surface area contributed by atoms with Crippen molar-refractivity contribution in [2.24, 2.45) is 0 Å². The normalized spacial score (nSPS) is 10.2. The molecule has 5 nitrogen and oxygen atoms in total. The zero-order chi connectivity index (χ0) is 13.5. The Morgan fingerprint density at radius 3 is 2.84 bits per heavy atom. The Kier molecular flexibility index (Phi) is 4.92. The summed E-state index contributed by atoms with van der Waals surface area (Å²) in [6.45, 7) is 0.558. The standard InChI is InChI=1S/C13H15ClN4O/c1-15-13-17-9-11(14)12(18-13)19-8-2-3-10-4-6-16-7-5-10/h4-7,9H,2-3,8H2,1H3,(H,15,17,18). The average molecular weight is 279 g/mol. The van der Waals surface area contributed by atoms with E-state index in [2.05, 4.69) is 20.3 Å². The summed E-state index contributed by atoms with van der Waals surface area (Å²) in [6, 6.07) is 3.99. The Hall–Kier alpha value is -1.88. The molecule has 0 aliphatic heterocycles. The lowest BCUT2D eigenvalue weighted by atomic mass is 10.1. The SMILES string of the molecule is CNc1ncc(Cl)c(OCCCc2ccncc2)n1. The highest BCUT2D eigenvalue weighted by Crippen LogP contribution is 2.21. The summed E-state index contributed by atoms with van der Waals surface area (Å²) in [7, 11) is 1.75. The molecule has 0 aliphatic rings. The Labute approximate surface area is 117 Å². The minimum Gasteiger partial charge on any atom is -0.476 e. The number of ether oxygens (including phenoxy) is 1. The van der Waals surface area contributed by atoms with Gasteiger partial charge in [0.25, 0.3) is 0 Å². The fraction of sp³-hybridized carbons (Fsp3) is 0.308. The van der Waals surface area contributed by atoms with Crippen LogP contribution >= 0.6 is 11.6 Å². The third kappa shape index (κ3) is 4.06. The molecule has 2 rings (SSSR count). The fourth-order valence-electron chi connectivity index (χ4n) is 1.57. The van der Waals surface area contributed by atoms with E-state index in [4.69, 9.17) is 16.3 Å². The molecule has 0 aromatic carbocycles. The molecule has 0 saturated carbocycles. The largest absolute Gasteiger partial charge is 0.476 e. The van der Waals surface area contributed by atoms with Crippen LogP contribution in [0.4, 0.5) is 5.95 Å². The number of halogens is 1. The van der Waals surface area contributed by atoms with Gasteiger partial charge in [-0.3, -0.25) is 4.98 Å². The van der Waals surface area contributed by atoms with Crippen molar-refractivity contribution in [1.82, 2.24) is 15.0 Å². The van der Waals surface area contributed by atoms with Crippen LogP contribution in [0, 0.1) is 0 Å². The van der Waals surface area contributed by atoms with Crippen molar-refractivity contribution in [3.8, 4) is 5.88 Å². The summed E-state index contributed by atoms with van der Waals surface area (Å²) in [5.74, 6) is 0.907. The number of hydrogen-bond donors (Lipinski definition) is 1. The zero-order valence-corrected chi connectivity index (χ0v) is 11.4. The first-order chi connectivity index (χ1) is 9.29. The summed E-state index contributed by atoms with van der Waals surface area (Å²) < 4.78 is 5.56. The molecule has 19 heavy (non-hydrogen) atoms. The van der Waals surface area contributed by atoms with E-state index in [1.807, 2.05) is 12.1 Å². The molecule has 6 heteroatoms. The number of rotatable bonds is 6. The highest BCUT2D eigenvalue weighted by atomic mass is 35.5. The van der Waals surface area contributed by atoms with Gasteiger partial charge >= 0.3 is 0 Å². The van der Waals surface area contributed by atoms with Gasteiger partial charge in [0.2, 0.25) is 11.8 Å². The molecule has 0 spiro atoms. The van der Waals surface area contributed by atoms with Gasteiger partial charge in [0.05, 0.1) is 12.8 Å². The van der Waals surface area contributed by atoms with Gasteiger partial charge in [-0.25, -0.2) is 4.98 Å². The predicted molar refractivity (Wildman–Crippen MR) is 74.6 cm³/mol. The van der Waals surface area contributed by atoms with E-state index in [1.165, 1.54) is 11.8 Å². The Bertz CT molecular complexity index is 521. The second-order valence-corrected chi connectivity index (χ2v) is 4.31. The summed E-state index contributed by atoms with van der Waals surface area (Å²) in [4.78, 5) is 12.1. The third-order valence-electron chi connectivity index (χ3n) is 2.53. The van der Waals surface area contributed by atoms with Crippen LogP contribution in [0.5, 0.6) is 5.88 Å². The lowest BCUT2D eigenvalue weighted by Gasteiger charge is -2.08. The summed E-state index contributed by atoms with van der Waals surface area (Å²) in [5, 5.41) is 3.26. The van der Waals surface area contributed by atoms with Gasteiger partial charge in [-0.1, -0.05) is 11.6 Å². The average Bonchev–Trinajstić information content (AvgIpc) is 2.46. The van der Waals surface area contributed by atoms with Crippen molar-refractivity contribution in [3.05, 3.63) is 41.3 Å². The molecule has 0 unspecified atom stereocenters. The van der Waals surface area contributed by atoms with Gasteiger partial charge in [0, 0.05) is 19.4 Å². The van der Waals surface area contributed by atoms with Gasteiger partial charge in [-0.2, -0.15) is 4.98 Å². The van der Waals surface area contributed by atoms with Crippen LogP contribution in [-0.2, 0) is 6.42 Å². The molecule has 0 fully saturated rings. The first-order valence-electron chi connectivity index (χ1n) is 6.01. The van der Waals surface area contributed by atoms with Crippen LogP contribution in [0.3, 0.4) is 0 Å². The molecule has 2 heterocycles. The summed E-state index contributed by atoms with van der Waals surface area (Å²) >= 11 is 5.96. The van der Waals surface area contributed by atoms with Gasteiger partial charge in [0.1, 0.15) is 5.02 Å². The maximum atomic E-state index is 5.96. The molecule has 0 atom stereocenters. The van der Waals surface area contributed by atoms with Crippen molar-refractivity contribution >= 4 is 17.5 Å². The number of pyridine rings is 1. The van der Waals surface area contributed by atoms with Gasteiger partial charge in [-0.15, -0.1) is 0 Å². The first kappa shape index (κ1) is 13.5. The Morgan fingerprint density at radius 2 is 2.11 bits per heavy atom. The maximum absolute atomic E-state index is 5.96. The van der Waals surface area contributed by atoms with E-state index in [1.54, 1.807) is 19.4 Å². The molecule has 0 saturated heterocycles. The molecule has 100 valence electrons.